The second kappa shape index (κ2) is 12.0. The van der Waals surface area contributed by atoms with Gasteiger partial charge in [0.1, 0.15) is 19.5 Å². The average Bonchev–Trinajstić information content (AvgIpc) is 3.41. The Bertz CT molecular complexity index is 2240. The molecule has 3 heterocycles. The van der Waals surface area contributed by atoms with Crippen LogP contribution in [-0.4, -0.2) is 27.7 Å². The normalized spacial score (nSPS) is 12.1. The van der Waals surface area contributed by atoms with Gasteiger partial charge in [-0.25, -0.2) is 4.98 Å². The number of hydrogen-bond donors (Lipinski definition) is 1. The Balaban J connectivity index is 1.33. The number of rotatable bonds is 7. The number of phenols is 1. The van der Waals surface area contributed by atoms with E-state index in [0.29, 0.717) is 11.8 Å². The third-order valence-electron chi connectivity index (χ3n) is 9.59. The summed E-state index contributed by atoms with van der Waals surface area (Å²) in [4.78, 5) is 10.3. The minimum atomic E-state index is -2.20. The van der Waals surface area contributed by atoms with Crippen molar-refractivity contribution in [3.8, 4) is 33.8 Å². The summed E-state index contributed by atoms with van der Waals surface area (Å²) in [5.41, 5.74) is 9.92. The van der Waals surface area contributed by atoms with Gasteiger partial charge in [0.2, 0.25) is 0 Å². The molecule has 0 saturated heterocycles. The van der Waals surface area contributed by atoms with Gasteiger partial charge in [0.25, 0.3) is 0 Å². The third-order valence-corrected chi connectivity index (χ3v) is 12.9. The van der Waals surface area contributed by atoms with Crippen LogP contribution in [0.15, 0.2) is 121 Å². The van der Waals surface area contributed by atoms with Crippen molar-refractivity contribution in [1.82, 2.24) is 14.5 Å². The first kappa shape index (κ1) is 30.6. The highest BCUT2D eigenvalue weighted by molar-refractivity contribution is 7.00. The topological polar surface area (TPSA) is 50.9 Å². The predicted molar refractivity (Wildman–Crippen MR) is 200 cm³/mol. The number of para-hydroxylation sites is 3. The van der Waals surface area contributed by atoms with Gasteiger partial charge in [-0.05, 0) is 76.6 Å². The molecule has 0 spiro atoms. The number of benzene rings is 4. The van der Waals surface area contributed by atoms with Crippen molar-refractivity contribution in [2.45, 2.75) is 52.6 Å². The van der Waals surface area contributed by atoms with E-state index in [0.717, 1.165) is 38.9 Å². The van der Waals surface area contributed by atoms with Crippen molar-refractivity contribution in [3.63, 3.8) is 0 Å². The van der Waals surface area contributed by atoms with Crippen LogP contribution >= 0.6 is 0 Å². The molecule has 4 nitrogen and oxygen atoms in total. The molecule has 0 aliphatic rings. The summed E-state index contributed by atoms with van der Waals surface area (Å²) in [6.45, 7) is 13.9. The summed E-state index contributed by atoms with van der Waals surface area (Å²) in [5, 5.41) is 15.5. The number of hydrogen-bond acceptors (Lipinski definition) is 3. The maximum Gasteiger partial charge on any atom is 0.146 e. The summed E-state index contributed by atoms with van der Waals surface area (Å²) in [7, 11) is -2.20. The van der Waals surface area contributed by atoms with Gasteiger partial charge in [-0.3, -0.25) is 9.55 Å². The Morgan fingerprint density at radius 1 is 0.660 bits per heavy atom. The molecule has 234 valence electrons. The summed E-state index contributed by atoms with van der Waals surface area (Å²) in [6, 6.07) is 40.2. The molecular weight excluding hydrogens is 591 g/mol. The highest BCUT2D eigenvalue weighted by Crippen LogP contribution is 2.37. The highest BCUT2D eigenvalue weighted by Gasteiger charge is 2.29. The van der Waals surface area contributed by atoms with E-state index in [1.807, 2.05) is 30.5 Å². The van der Waals surface area contributed by atoms with Crippen LogP contribution < -0.4 is 10.5 Å². The number of pyridine rings is 2. The third kappa shape index (κ3) is 5.35. The number of aromatic hydroxyl groups is 1. The first-order valence-corrected chi connectivity index (χ1v) is 19.5. The maximum absolute atomic E-state index is 10.8. The lowest BCUT2D eigenvalue weighted by atomic mass is 9.85. The largest absolute Gasteiger partial charge is 0.506 e. The van der Waals surface area contributed by atoms with Gasteiger partial charge in [0.05, 0.1) is 16.9 Å². The van der Waals surface area contributed by atoms with Crippen LogP contribution in [-0.2, 0) is 0 Å². The molecule has 0 aliphatic heterocycles. The zero-order valence-corrected chi connectivity index (χ0v) is 29.0. The van der Waals surface area contributed by atoms with Crippen molar-refractivity contribution in [3.05, 3.63) is 133 Å². The van der Waals surface area contributed by atoms with E-state index < -0.39 is 8.07 Å². The van der Waals surface area contributed by atoms with Crippen LogP contribution in [0.4, 0.5) is 0 Å². The van der Waals surface area contributed by atoms with Crippen LogP contribution in [0, 0.1) is 0 Å². The fourth-order valence-corrected chi connectivity index (χ4v) is 9.16. The Morgan fingerprint density at radius 2 is 1.36 bits per heavy atom. The number of fused-ring (bicyclic) bond motifs is 3. The van der Waals surface area contributed by atoms with Gasteiger partial charge in [0.15, 0.2) is 0 Å². The quantitative estimate of drug-likeness (QED) is 0.178. The Kier molecular flexibility index (Phi) is 7.81. The summed E-state index contributed by atoms with van der Waals surface area (Å²) in [6.07, 6.45) is 2.00. The van der Waals surface area contributed by atoms with Crippen molar-refractivity contribution in [1.29, 1.82) is 0 Å². The van der Waals surface area contributed by atoms with E-state index in [-0.39, 0.29) is 5.75 Å². The summed E-state index contributed by atoms with van der Waals surface area (Å²) in [5.74, 6) is 1.08. The second-order valence-corrected chi connectivity index (χ2v) is 18.0. The van der Waals surface area contributed by atoms with Gasteiger partial charge in [-0.15, -0.1) is 0 Å². The number of aromatic nitrogens is 3. The first-order chi connectivity index (χ1) is 22.6. The van der Waals surface area contributed by atoms with Gasteiger partial charge in [-0.2, -0.15) is 0 Å². The molecular formula is C42H41N3OSi. The van der Waals surface area contributed by atoms with Crippen LogP contribution in [0.2, 0.25) is 13.1 Å². The van der Waals surface area contributed by atoms with Crippen molar-refractivity contribution in [2.75, 3.05) is 0 Å². The Hall–Kier alpha value is -5.00. The zero-order valence-electron chi connectivity index (χ0n) is 28.0. The van der Waals surface area contributed by atoms with E-state index in [1.165, 1.54) is 32.8 Å². The molecule has 0 fully saturated rings. The SMILES string of the molecule is CC(C)c1cccc(C(C)C)c1-c1ccnc([Si](C)(C)c2cccc(-c3ccc4c5ccccc5n(-c5ccccc5O)c4n3)c2)c1. The van der Waals surface area contributed by atoms with E-state index in [9.17, 15) is 5.11 Å². The van der Waals surface area contributed by atoms with Gasteiger partial charge < -0.3 is 5.11 Å². The lowest BCUT2D eigenvalue weighted by molar-refractivity contribution is 0.473. The second-order valence-electron chi connectivity index (χ2n) is 13.7. The van der Waals surface area contributed by atoms with E-state index >= 15 is 0 Å². The fraction of sp³-hybridized carbons (Fsp3) is 0.190. The van der Waals surface area contributed by atoms with Crippen LogP contribution in [0.25, 0.3) is 50.0 Å². The van der Waals surface area contributed by atoms with E-state index in [4.69, 9.17) is 9.97 Å². The van der Waals surface area contributed by atoms with Crippen molar-refractivity contribution >= 4 is 40.5 Å². The monoisotopic (exact) mass is 631 g/mol. The standard InChI is InChI=1S/C42H41N3OSi/c1-27(2)32-16-12-17-33(28(3)4)41(32)30-23-24-43-40(26-30)47(5,6)31-14-11-13-29(25-31)36-22-21-35-34-15-7-8-18-37(34)45(42(35)44-36)38-19-9-10-20-39(38)46/h7-28,46H,1-6H3. The van der Waals surface area contributed by atoms with Gasteiger partial charge in [0, 0.05) is 27.8 Å². The lowest BCUT2D eigenvalue weighted by Gasteiger charge is -2.25. The molecule has 0 aliphatic carbocycles. The van der Waals surface area contributed by atoms with Crippen LogP contribution in [0.1, 0.15) is 50.7 Å². The van der Waals surface area contributed by atoms with Gasteiger partial charge >= 0.3 is 0 Å². The average molecular weight is 632 g/mol. The summed E-state index contributed by atoms with van der Waals surface area (Å²) >= 11 is 0. The molecule has 7 aromatic rings. The van der Waals surface area contributed by atoms with Crippen molar-refractivity contribution < 1.29 is 5.11 Å². The van der Waals surface area contributed by atoms with Crippen LogP contribution in [0.5, 0.6) is 5.75 Å². The first-order valence-electron chi connectivity index (χ1n) is 16.5. The molecule has 7 rings (SSSR count). The van der Waals surface area contributed by atoms with Crippen LogP contribution in [0.3, 0.4) is 0 Å². The minimum Gasteiger partial charge on any atom is -0.506 e. The van der Waals surface area contributed by atoms with E-state index in [2.05, 4.69) is 130 Å². The molecule has 0 saturated carbocycles. The Labute approximate surface area is 278 Å². The molecule has 0 radical (unpaired) electrons. The summed E-state index contributed by atoms with van der Waals surface area (Å²) < 4.78 is 2.07. The Morgan fingerprint density at radius 3 is 2.11 bits per heavy atom. The molecule has 0 amide bonds. The molecule has 0 unspecified atom stereocenters. The molecule has 4 aromatic carbocycles. The van der Waals surface area contributed by atoms with Gasteiger partial charge in [-0.1, -0.05) is 119 Å². The maximum atomic E-state index is 10.8. The number of nitrogens with zero attached hydrogens (tertiary/aromatic N) is 3. The van der Waals surface area contributed by atoms with Crippen molar-refractivity contribution in [2.24, 2.45) is 0 Å². The smallest absolute Gasteiger partial charge is 0.146 e. The van der Waals surface area contributed by atoms with E-state index in [1.54, 1.807) is 6.07 Å². The number of phenolic OH excluding ortho intramolecular Hbond substituents is 1. The predicted octanol–water partition coefficient (Wildman–Crippen LogP) is 9.68. The molecule has 3 aromatic heterocycles. The minimum absolute atomic E-state index is 0.225. The lowest BCUT2D eigenvalue weighted by Crippen LogP contribution is -2.54. The molecule has 5 heteroatoms. The molecule has 0 atom stereocenters. The zero-order chi connectivity index (χ0) is 32.9. The molecule has 1 N–H and O–H groups in total. The molecule has 0 bridgehead atoms. The highest BCUT2D eigenvalue weighted by atomic mass is 28.3. The fourth-order valence-electron chi connectivity index (χ4n) is 6.92. The molecule has 47 heavy (non-hydrogen) atoms.